The Hall–Kier alpha value is -2.07. The van der Waals surface area contributed by atoms with E-state index in [-0.39, 0.29) is 0 Å². The van der Waals surface area contributed by atoms with Gasteiger partial charge in [0, 0.05) is 17.8 Å². The minimum Gasteiger partial charge on any atom is -0.490 e. The molecule has 1 heterocycles. The minimum absolute atomic E-state index is 0.471. The molecule has 0 saturated carbocycles. The van der Waals surface area contributed by atoms with Crippen LogP contribution in [0.4, 0.5) is 0 Å². The van der Waals surface area contributed by atoms with E-state index in [2.05, 4.69) is 11.9 Å². The molecule has 0 fully saturated rings. The Morgan fingerprint density at radius 1 is 1.00 bits per heavy atom. The molecule has 1 aromatic carbocycles. The number of ether oxygens (including phenoxy) is 2. The van der Waals surface area contributed by atoms with E-state index < -0.39 is 0 Å². The van der Waals surface area contributed by atoms with Gasteiger partial charge in [-0.3, -0.25) is 4.98 Å². The molecule has 0 radical (unpaired) electrons. The van der Waals surface area contributed by atoms with Crippen molar-refractivity contribution in [3.05, 3.63) is 53.3 Å². The Balaban J connectivity index is 1.87. The molecule has 21 heavy (non-hydrogen) atoms. The molecule has 2 N–H and O–H groups in total. The molecule has 0 aliphatic rings. The lowest BCUT2D eigenvalue weighted by atomic mass is 10.2. The van der Waals surface area contributed by atoms with Crippen LogP contribution in [0.2, 0.25) is 0 Å². The normalized spacial score (nSPS) is 10.4. The Kier molecular flexibility index (Phi) is 5.58. The van der Waals surface area contributed by atoms with E-state index in [9.17, 15) is 0 Å². The zero-order valence-corrected chi connectivity index (χ0v) is 12.6. The first-order valence-corrected chi connectivity index (χ1v) is 7.24. The van der Waals surface area contributed by atoms with Crippen molar-refractivity contribution in [2.75, 3.05) is 13.2 Å². The lowest BCUT2D eigenvalue weighted by Gasteiger charge is -2.12. The number of benzene rings is 1. The highest BCUT2D eigenvalue weighted by atomic mass is 16.5. The predicted molar refractivity (Wildman–Crippen MR) is 83.7 cm³/mol. The van der Waals surface area contributed by atoms with Gasteiger partial charge in [0.25, 0.3) is 0 Å². The van der Waals surface area contributed by atoms with Gasteiger partial charge in [-0.25, -0.2) is 0 Å². The topological polar surface area (TPSA) is 57.4 Å². The highest BCUT2D eigenvalue weighted by Gasteiger charge is 2.05. The van der Waals surface area contributed by atoms with Crippen molar-refractivity contribution in [3.8, 4) is 11.5 Å². The van der Waals surface area contributed by atoms with Crippen LogP contribution < -0.4 is 15.2 Å². The van der Waals surface area contributed by atoms with Gasteiger partial charge in [0.05, 0.1) is 5.69 Å². The molecule has 4 heteroatoms. The number of hydrogen-bond acceptors (Lipinski definition) is 4. The highest BCUT2D eigenvalue weighted by molar-refractivity contribution is 5.33. The maximum absolute atomic E-state index is 5.76. The van der Waals surface area contributed by atoms with E-state index in [4.69, 9.17) is 15.2 Å². The number of nitrogens with zero attached hydrogens (tertiary/aromatic N) is 1. The molecule has 0 atom stereocenters. The third-order valence-corrected chi connectivity index (χ3v) is 3.20. The van der Waals surface area contributed by atoms with Crippen LogP contribution in [-0.4, -0.2) is 18.2 Å². The van der Waals surface area contributed by atoms with Crippen molar-refractivity contribution in [2.24, 2.45) is 5.73 Å². The molecule has 0 spiro atoms. The van der Waals surface area contributed by atoms with Gasteiger partial charge in [0.15, 0.2) is 0 Å². The molecule has 0 amide bonds. The molecule has 0 unspecified atom stereocenters. The van der Waals surface area contributed by atoms with Crippen molar-refractivity contribution in [1.82, 2.24) is 4.98 Å². The predicted octanol–water partition coefficient (Wildman–Crippen LogP) is 2.87. The zero-order chi connectivity index (χ0) is 15.1. The Labute approximate surface area is 125 Å². The maximum atomic E-state index is 5.76. The summed E-state index contributed by atoms with van der Waals surface area (Å²) in [5, 5.41) is 0. The van der Waals surface area contributed by atoms with E-state index in [1.165, 1.54) is 0 Å². The average Bonchev–Trinajstić information content (AvgIpc) is 2.52. The number of aromatic nitrogens is 1. The quantitative estimate of drug-likeness (QED) is 0.795. The lowest BCUT2D eigenvalue weighted by molar-refractivity contribution is 0.214. The fourth-order valence-electron chi connectivity index (χ4n) is 2.10. The Bertz CT molecular complexity index is 585. The standard InChI is InChI=1S/C17H22N2O2/c1-3-15-17(9-8-13(2)19-15)21-11-10-20-16-7-5-4-6-14(16)12-18/h4-9H,3,10-12,18H2,1-2H3. The molecular formula is C17H22N2O2. The van der Waals surface area contributed by atoms with E-state index in [0.717, 1.165) is 34.9 Å². The lowest BCUT2D eigenvalue weighted by Crippen LogP contribution is -2.12. The molecule has 0 bridgehead atoms. The summed E-state index contributed by atoms with van der Waals surface area (Å²) in [5.74, 6) is 1.65. The van der Waals surface area contributed by atoms with Crippen molar-refractivity contribution in [3.63, 3.8) is 0 Å². The van der Waals surface area contributed by atoms with Crippen molar-refractivity contribution >= 4 is 0 Å². The first-order chi connectivity index (χ1) is 10.2. The molecular weight excluding hydrogens is 264 g/mol. The molecule has 112 valence electrons. The van der Waals surface area contributed by atoms with Crippen LogP contribution in [0, 0.1) is 6.92 Å². The van der Waals surface area contributed by atoms with Gasteiger partial charge in [0.1, 0.15) is 24.7 Å². The molecule has 0 aliphatic heterocycles. The van der Waals surface area contributed by atoms with Crippen molar-refractivity contribution in [2.45, 2.75) is 26.8 Å². The third kappa shape index (κ3) is 4.20. The summed E-state index contributed by atoms with van der Waals surface area (Å²) in [7, 11) is 0. The van der Waals surface area contributed by atoms with Crippen molar-refractivity contribution < 1.29 is 9.47 Å². The fourth-order valence-corrected chi connectivity index (χ4v) is 2.10. The van der Waals surface area contributed by atoms with Crippen LogP contribution >= 0.6 is 0 Å². The van der Waals surface area contributed by atoms with Crippen LogP contribution in [0.15, 0.2) is 36.4 Å². The van der Waals surface area contributed by atoms with Crippen LogP contribution in [0.3, 0.4) is 0 Å². The van der Waals surface area contributed by atoms with Gasteiger partial charge in [-0.2, -0.15) is 0 Å². The second-order valence-corrected chi connectivity index (χ2v) is 4.76. The molecule has 1 aromatic heterocycles. The average molecular weight is 286 g/mol. The first-order valence-electron chi connectivity index (χ1n) is 7.24. The van der Waals surface area contributed by atoms with Gasteiger partial charge in [-0.15, -0.1) is 0 Å². The summed E-state index contributed by atoms with van der Waals surface area (Å²) in [6.07, 6.45) is 0.855. The Morgan fingerprint density at radius 2 is 1.71 bits per heavy atom. The van der Waals surface area contributed by atoms with E-state index in [1.54, 1.807) is 0 Å². The second-order valence-electron chi connectivity index (χ2n) is 4.76. The first kappa shape index (κ1) is 15.3. The van der Waals surface area contributed by atoms with Crippen LogP contribution in [0.25, 0.3) is 0 Å². The number of para-hydroxylation sites is 1. The number of rotatable bonds is 7. The number of hydrogen-bond donors (Lipinski definition) is 1. The van der Waals surface area contributed by atoms with Gasteiger partial charge >= 0.3 is 0 Å². The SMILES string of the molecule is CCc1nc(C)ccc1OCCOc1ccccc1CN. The maximum Gasteiger partial charge on any atom is 0.140 e. The summed E-state index contributed by atoms with van der Waals surface area (Å²) in [6, 6.07) is 11.7. The smallest absolute Gasteiger partial charge is 0.140 e. The Morgan fingerprint density at radius 3 is 2.43 bits per heavy atom. The van der Waals surface area contributed by atoms with Gasteiger partial charge in [0.2, 0.25) is 0 Å². The minimum atomic E-state index is 0.471. The number of nitrogens with two attached hydrogens (primary N) is 1. The molecule has 4 nitrogen and oxygen atoms in total. The fraction of sp³-hybridized carbons (Fsp3) is 0.353. The van der Waals surface area contributed by atoms with Gasteiger partial charge < -0.3 is 15.2 Å². The highest BCUT2D eigenvalue weighted by Crippen LogP contribution is 2.19. The summed E-state index contributed by atoms with van der Waals surface area (Å²) >= 11 is 0. The molecule has 2 aromatic rings. The monoisotopic (exact) mass is 286 g/mol. The molecule has 0 aliphatic carbocycles. The van der Waals surface area contributed by atoms with E-state index in [1.807, 2.05) is 43.3 Å². The summed E-state index contributed by atoms with van der Waals surface area (Å²) in [6.45, 7) is 5.49. The van der Waals surface area contributed by atoms with Gasteiger partial charge in [-0.05, 0) is 31.5 Å². The second kappa shape index (κ2) is 7.64. The van der Waals surface area contributed by atoms with Crippen molar-refractivity contribution in [1.29, 1.82) is 0 Å². The third-order valence-electron chi connectivity index (χ3n) is 3.20. The van der Waals surface area contributed by atoms with Crippen LogP contribution in [-0.2, 0) is 13.0 Å². The van der Waals surface area contributed by atoms with E-state index >= 15 is 0 Å². The number of aryl methyl sites for hydroxylation is 2. The zero-order valence-electron chi connectivity index (χ0n) is 12.6. The summed E-state index contributed by atoms with van der Waals surface area (Å²) < 4.78 is 11.5. The van der Waals surface area contributed by atoms with Gasteiger partial charge in [-0.1, -0.05) is 25.1 Å². The summed E-state index contributed by atoms with van der Waals surface area (Å²) in [4.78, 5) is 4.47. The largest absolute Gasteiger partial charge is 0.490 e. The number of pyridine rings is 1. The van der Waals surface area contributed by atoms with E-state index in [0.29, 0.717) is 19.8 Å². The molecule has 0 saturated heterocycles. The molecule has 2 rings (SSSR count). The van der Waals surface area contributed by atoms with Crippen LogP contribution in [0.1, 0.15) is 23.9 Å². The summed E-state index contributed by atoms with van der Waals surface area (Å²) in [5.41, 5.74) is 8.67. The van der Waals surface area contributed by atoms with Crippen LogP contribution in [0.5, 0.6) is 11.5 Å².